The number of phenolic OH excluding ortho intramolecular Hbond substituents is 1. The van der Waals surface area contributed by atoms with Crippen molar-refractivity contribution in [3.8, 4) is 28.6 Å². The molecule has 0 saturated heterocycles. The molecular weight excluding hydrogens is 273 g/mol. The Kier molecular flexibility index (Phi) is 3.47. The van der Waals surface area contributed by atoms with Crippen molar-refractivity contribution in [2.75, 3.05) is 14.2 Å². The Bertz CT molecular complexity index is 666. The molecule has 1 aromatic heterocycles. The van der Waals surface area contributed by atoms with E-state index in [1.54, 1.807) is 0 Å². The van der Waals surface area contributed by atoms with E-state index in [-0.39, 0.29) is 28.5 Å². The average Bonchev–Trinajstić information content (AvgIpc) is 2.90. The molecule has 7 nitrogen and oxygen atoms in total. The van der Waals surface area contributed by atoms with Gasteiger partial charge in [0.25, 0.3) is 0 Å². The van der Waals surface area contributed by atoms with Gasteiger partial charge >= 0.3 is 5.97 Å². The smallest absolute Gasteiger partial charge is 0.358 e. The van der Waals surface area contributed by atoms with Gasteiger partial charge in [-0.05, 0) is 0 Å². The van der Waals surface area contributed by atoms with Gasteiger partial charge in [0.15, 0.2) is 34.5 Å². The lowest BCUT2D eigenvalue weighted by atomic mass is 10.1. The predicted molar refractivity (Wildman–Crippen MR) is 63.6 cm³/mol. The number of hydrogen-bond donors (Lipinski definition) is 2. The largest absolute Gasteiger partial charge is 0.504 e. The summed E-state index contributed by atoms with van der Waals surface area (Å²) in [7, 11) is 2.58. The number of aromatic carboxylic acids is 1. The minimum absolute atomic E-state index is 0.000473. The van der Waals surface area contributed by atoms with Gasteiger partial charge in [0.2, 0.25) is 0 Å². The SMILES string of the molecule is COc1cc(F)c(O)c(-c2cc(C(=O)O)no2)c1OC. The molecule has 1 heterocycles. The summed E-state index contributed by atoms with van der Waals surface area (Å²) in [5.74, 6) is -3.18. The molecule has 0 saturated carbocycles. The molecule has 2 aromatic rings. The number of carboxylic acid groups (broad SMARTS) is 1. The zero-order valence-electron chi connectivity index (χ0n) is 10.5. The zero-order valence-corrected chi connectivity index (χ0v) is 10.5. The molecule has 0 spiro atoms. The van der Waals surface area contributed by atoms with Gasteiger partial charge in [0.05, 0.1) is 14.2 Å². The van der Waals surface area contributed by atoms with Gasteiger partial charge in [0, 0.05) is 12.1 Å². The fraction of sp³-hybridized carbons (Fsp3) is 0.167. The van der Waals surface area contributed by atoms with Gasteiger partial charge in [-0.1, -0.05) is 5.16 Å². The number of nitrogens with zero attached hydrogens (tertiary/aromatic N) is 1. The molecule has 0 fully saturated rings. The maximum Gasteiger partial charge on any atom is 0.358 e. The third-order valence-corrected chi connectivity index (χ3v) is 2.57. The first kappa shape index (κ1) is 13.7. The molecule has 0 aliphatic heterocycles. The number of halogens is 1. The molecule has 0 bridgehead atoms. The number of aromatic nitrogens is 1. The average molecular weight is 283 g/mol. The molecular formula is C12H10FNO6. The highest BCUT2D eigenvalue weighted by molar-refractivity contribution is 5.87. The van der Waals surface area contributed by atoms with Crippen molar-refractivity contribution in [1.82, 2.24) is 5.16 Å². The first-order valence-corrected chi connectivity index (χ1v) is 5.33. The number of aromatic hydroxyl groups is 1. The van der Waals surface area contributed by atoms with Crippen LogP contribution in [0.3, 0.4) is 0 Å². The lowest BCUT2D eigenvalue weighted by Crippen LogP contribution is -1.96. The summed E-state index contributed by atoms with van der Waals surface area (Å²) in [5.41, 5.74) is -0.561. The maximum absolute atomic E-state index is 13.6. The minimum atomic E-state index is -1.32. The van der Waals surface area contributed by atoms with E-state index in [1.165, 1.54) is 14.2 Å². The number of rotatable bonds is 4. The number of phenols is 1. The fourth-order valence-corrected chi connectivity index (χ4v) is 1.68. The highest BCUT2D eigenvalue weighted by Crippen LogP contribution is 2.45. The number of methoxy groups -OCH3 is 2. The molecule has 1 aromatic carbocycles. The van der Waals surface area contributed by atoms with Gasteiger partial charge in [-0.25, -0.2) is 9.18 Å². The second kappa shape index (κ2) is 5.08. The van der Waals surface area contributed by atoms with Gasteiger partial charge in [0.1, 0.15) is 5.56 Å². The summed E-state index contributed by atoms with van der Waals surface area (Å²) in [6.07, 6.45) is 0. The van der Waals surface area contributed by atoms with Crippen molar-refractivity contribution in [1.29, 1.82) is 0 Å². The molecule has 106 valence electrons. The van der Waals surface area contributed by atoms with Crippen LogP contribution < -0.4 is 9.47 Å². The Morgan fingerprint density at radius 1 is 1.35 bits per heavy atom. The topological polar surface area (TPSA) is 102 Å². The summed E-state index contributed by atoms with van der Waals surface area (Å²) >= 11 is 0. The van der Waals surface area contributed by atoms with Crippen molar-refractivity contribution < 1.29 is 33.4 Å². The molecule has 0 radical (unpaired) electrons. The second-order valence-electron chi connectivity index (χ2n) is 3.70. The Morgan fingerprint density at radius 2 is 2.05 bits per heavy atom. The Hall–Kier alpha value is -2.77. The van der Waals surface area contributed by atoms with Crippen molar-refractivity contribution in [2.24, 2.45) is 0 Å². The molecule has 2 N–H and O–H groups in total. The van der Waals surface area contributed by atoms with Crippen molar-refractivity contribution in [3.63, 3.8) is 0 Å². The Balaban J connectivity index is 2.70. The van der Waals surface area contributed by atoms with Crippen LogP contribution in [0.25, 0.3) is 11.3 Å². The normalized spacial score (nSPS) is 10.3. The molecule has 0 atom stereocenters. The Labute approximate surface area is 112 Å². The van der Waals surface area contributed by atoms with Gasteiger partial charge in [-0.3, -0.25) is 0 Å². The fourth-order valence-electron chi connectivity index (χ4n) is 1.68. The molecule has 0 amide bonds. The van der Waals surface area contributed by atoms with E-state index >= 15 is 0 Å². The molecule has 2 rings (SSSR count). The number of hydrogen-bond acceptors (Lipinski definition) is 6. The van der Waals surface area contributed by atoms with E-state index in [0.717, 1.165) is 12.1 Å². The van der Waals surface area contributed by atoms with Crippen molar-refractivity contribution in [3.05, 3.63) is 23.6 Å². The van der Waals surface area contributed by atoms with Crippen LogP contribution >= 0.6 is 0 Å². The summed E-state index contributed by atoms with van der Waals surface area (Å²) < 4.78 is 28.4. The quantitative estimate of drug-likeness (QED) is 0.883. The predicted octanol–water partition coefficient (Wildman–Crippen LogP) is 1.90. The minimum Gasteiger partial charge on any atom is -0.504 e. The maximum atomic E-state index is 13.6. The van der Waals surface area contributed by atoms with E-state index in [9.17, 15) is 14.3 Å². The number of carboxylic acids is 1. The van der Waals surface area contributed by atoms with Gasteiger partial charge in [-0.2, -0.15) is 0 Å². The van der Waals surface area contributed by atoms with E-state index in [0.29, 0.717) is 0 Å². The Morgan fingerprint density at radius 3 is 2.55 bits per heavy atom. The molecule has 0 aliphatic carbocycles. The third-order valence-electron chi connectivity index (χ3n) is 2.57. The van der Waals surface area contributed by atoms with Crippen molar-refractivity contribution >= 4 is 5.97 Å². The lowest BCUT2D eigenvalue weighted by Gasteiger charge is -2.12. The third kappa shape index (κ3) is 2.11. The number of ether oxygens (including phenoxy) is 2. The van der Waals surface area contributed by atoms with E-state index in [4.69, 9.17) is 19.1 Å². The molecule has 0 aliphatic rings. The summed E-state index contributed by atoms with van der Waals surface area (Å²) in [4.78, 5) is 10.8. The monoisotopic (exact) mass is 283 g/mol. The van der Waals surface area contributed by atoms with Crippen LogP contribution in [0.4, 0.5) is 4.39 Å². The van der Waals surface area contributed by atoms with Crippen LogP contribution in [0.1, 0.15) is 10.5 Å². The summed E-state index contributed by atoms with van der Waals surface area (Å²) in [6.45, 7) is 0. The summed E-state index contributed by atoms with van der Waals surface area (Å²) in [6, 6.07) is 1.98. The number of carbonyl (C=O) groups is 1. The molecule has 8 heteroatoms. The number of benzene rings is 1. The van der Waals surface area contributed by atoms with Crippen LogP contribution in [0.15, 0.2) is 16.7 Å². The van der Waals surface area contributed by atoms with E-state index in [1.807, 2.05) is 0 Å². The first-order valence-electron chi connectivity index (χ1n) is 5.33. The zero-order chi connectivity index (χ0) is 14.9. The second-order valence-corrected chi connectivity index (χ2v) is 3.70. The molecule has 20 heavy (non-hydrogen) atoms. The summed E-state index contributed by atoms with van der Waals surface area (Å²) in [5, 5.41) is 21.9. The van der Waals surface area contributed by atoms with Crippen LogP contribution in [-0.4, -0.2) is 35.6 Å². The molecule has 0 unspecified atom stereocenters. The van der Waals surface area contributed by atoms with E-state index < -0.39 is 17.5 Å². The first-order chi connectivity index (χ1) is 9.49. The van der Waals surface area contributed by atoms with Crippen LogP contribution in [0.5, 0.6) is 17.2 Å². The van der Waals surface area contributed by atoms with Gasteiger partial charge in [-0.15, -0.1) is 0 Å². The lowest BCUT2D eigenvalue weighted by molar-refractivity contribution is 0.0686. The van der Waals surface area contributed by atoms with Crippen LogP contribution in [-0.2, 0) is 0 Å². The highest BCUT2D eigenvalue weighted by atomic mass is 19.1. The standard InChI is InChI=1S/C12H10FNO6/c1-18-8-3-5(13)10(15)9(11(8)19-2)7-4-6(12(16)17)14-20-7/h3-4,15H,1-2H3,(H,16,17). The van der Waals surface area contributed by atoms with Crippen LogP contribution in [0.2, 0.25) is 0 Å². The van der Waals surface area contributed by atoms with E-state index in [2.05, 4.69) is 5.16 Å². The highest BCUT2D eigenvalue weighted by Gasteiger charge is 2.25. The van der Waals surface area contributed by atoms with Crippen LogP contribution in [0, 0.1) is 5.82 Å². The van der Waals surface area contributed by atoms with Crippen molar-refractivity contribution in [2.45, 2.75) is 0 Å². The van der Waals surface area contributed by atoms with Gasteiger partial charge < -0.3 is 24.2 Å².